The average Bonchev–Trinajstić information content (AvgIpc) is 2.89. The molecule has 0 aliphatic carbocycles. The molecule has 7 heteroatoms. The third-order valence-electron chi connectivity index (χ3n) is 2.38. The molecule has 100 valence electrons. The number of pyridine rings is 1. The fourth-order valence-corrected chi connectivity index (χ4v) is 2.10. The second-order valence-electron chi connectivity index (χ2n) is 4.03. The summed E-state index contributed by atoms with van der Waals surface area (Å²) in [5.74, 6) is 0.844. The van der Waals surface area contributed by atoms with Gasteiger partial charge >= 0.3 is 6.03 Å². The van der Waals surface area contributed by atoms with Crippen LogP contribution in [0.4, 0.5) is 15.7 Å². The summed E-state index contributed by atoms with van der Waals surface area (Å²) >= 11 is 1.38. The number of anilines is 2. The van der Waals surface area contributed by atoms with Crippen molar-refractivity contribution in [3.05, 3.63) is 35.5 Å². The van der Waals surface area contributed by atoms with Crippen molar-refractivity contribution in [2.75, 3.05) is 24.3 Å². The molecule has 0 bridgehead atoms. The van der Waals surface area contributed by atoms with E-state index < -0.39 is 0 Å². The highest BCUT2D eigenvalue weighted by Gasteiger charge is 2.07. The third-order valence-corrected chi connectivity index (χ3v) is 3.07. The molecule has 19 heavy (non-hydrogen) atoms. The summed E-state index contributed by atoms with van der Waals surface area (Å²) in [7, 11) is 3.84. The second kappa shape index (κ2) is 6.14. The number of thiazole rings is 1. The first-order chi connectivity index (χ1) is 9.16. The van der Waals surface area contributed by atoms with Crippen LogP contribution in [0.3, 0.4) is 0 Å². The third kappa shape index (κ3) is 3.65. The lowest BCUT2D eigenvalue weighted by Crippen LogP contribution is -2.29. The molecule has 2 rings (SSSR count). The minimum atomic E-state index is -0.275. The van der Waals surface area contributed by atoms with Crippen molar-refractivity contribution in [2.24, 2.45) is 0 Å². The van der Waals surface area contributed by atoms with E-state index in [4.69, 9.17) is 0 Å². The molecule has 0 atom stereocenters. The molecule has 0 aromatic carbocycles. The minimum absolute atomic E-state index is 0.275. The maximum Gasteiger partial charge on any atom is 0.321 e. The Hall–Kier alpha value is -2.15. The first-order valence-electron chi connectivity index (χ1n) is 5.72. The van der Waals surface area contributed by atoms with Crippen molar-refractivity contribution >= 4 is 28.3 Å². The fraction of sp³-hybridized carbons (Fsp3) is 0.250. The molecule has 6 nitrogen and oxygen atoms in total. The molecule has 0 radical (unpaired) electrons. The Morgan fingerprint density at radius 1 is 1.37 bits per heavy atom. The minimum Gasteiger partial charge on any atom is -0.362 e. The van der Waals surface area contributed by atoms with Crippen molar-refractivity contribution in [1.82, 2.24) is 15.3 Å². The van der Waals surface area contributed by atoms with Crippen LogP contribution >= 0.6 is 11.3 Å². The van der Waals surface area contributed by atoms with E-state index in [-0.39, 0.29) is 6.03 Å². The number of rotatable bonds is 4. The van der Waals surface area contributed by atoms with Gasteiger partial charge in [0.25, 0.3) is 0 Å². The first-order valence-corrected chi connectivity index (χ1v) is 6.60. The Morgan fingerprint density at radius 2 is 2.21 bits per heavy atom. The van der Waals surface area contributed by atoms with Crippen molar-refractivity contribution < 1.29 is 4.79 Å². The fourth-order valence-electron chi connectivity index (χ4n) is 1.57. The molecule has 2 amide bonds. The Labute approximate surface area is 115 Å². The van der Waals surface area contributed by atoms with Crippen LogP contribution in [0.1, 0.15) is 5.56 Å². The summed E-state index contributed by atoms with van der Waals surface area (Å²) in [5.41, 5.74) is 0.960. The molecule has 0 saturated heterocycles. The number of urea groups is 1. The molecule has 2 aromatic rings. The molecule has 0 saturated carbocycles. The number of carbonyl (C=O) groups is 1. The van der Waals surface area contributed by atoms with E-state index in [1.54, 1.807) is 17.8 Å². The largest absolute Gasteiger partial charge is 0.362 e. The lowest BCUT2D eigenvalue weighted by atomic mass is 10.2. The van der Waals surface area contributed by atoms with E-state index in [2.05, 4.69) is 20.6 Å². The molecule has 0 unspecified atom stereocenters. The van der Waals surface area contributed by atoms with Crippen LogP contribution < -0.4 is 15.5 Å². The summed E-state index contributed by atoms with van der Waals surface area (Å²) in [6.45, 7) is 0.415. The maximum atomic E-state index is 11.7. The van der Waals surface area contributed by atoms with E-state index in [0.29, 0.717) is 11.7 Å². The first kappa shape index (κ1) is 13.3. The number of nitrogens with one attached hydrogen (secondary N) is 2. The van der Waals surface area contributed by atoms with Crippen LogP contribution in [0.5, 0.6) is 0 Å². The zero-order valence-electron chi connectivity index (χ0n) is 10.8. The van der Waals surface area contributed by atoms with Crippen LogP contribution in [0.2, 0.25) is 0 Å². The quantitative estimate of drug-likeness (QED) is 0.896. The summed E-state index contributed by atoms with van der Waals surface area (Å²) in [6, 6.07) is 3.51. The molecule has 0 aliphatic heterocycles. The number of hydrogen-bond donors (Lipinski definition) is 2. The number of amides is 2. The Bertz CT molecular complexity index is 541. The zero-order valence-corrected chi connectivity index (χ0v) is 11.6. The van der Waals surface area contributed by atoms with Crippen LogP contribution in [-0.4, -0.2) is 30.1 Å². The van der Waals surface area contributed by atoms with Crippen molar-refractivity contribution in [1.29, 1.82) is 0 Å². The molecule has 0 fully saturated rings. The molecule has 2 N–H and O–H groups in total. The normalized spacial score (nSPS) is 10.0. The van der Waals surface area contributed by atoms with Gasteiger partial charge in [0, 0.05) is 44.0 Å². The molecule has 2 heterocycles. The number of carbonyl (C=O) groups excluding carboxylic acids is 1. The van der Waals surface area contributed by atoms with Gasteiger partial charge in [0.05, 0.1) is 0 Å². The van der Waals surface area contributed by atoms with Gasteiger partial charge in [-0.2, -0.15) is 0 Å². The number of aromatic nitrogens is 2. The number of nitrogens with zero attached hydrogens (tertiary/aromatic N) is 3. The van der Waals surface area contributed by atoms with Gasteiger partial charge in [0.2, 0.25) is 0 Å². The smallest absolute Gasteiger partial charge is 0.321 e. The lowest BCUT2D eigenvalue weighted by Gasteiger charge is -2.16. The molecular formula is C12H15N5OS. The Balaban J connectivity index is 1.93. The van der Waals surface area contributed by atoms with Gasteiger partial charge in [-0.1, -0.05) is 6.07 Å². The highest BCUT2D eigenvalue weighted by molar-refractivity contribution is 7.13. The van der Waals surface area contributed by atoms with Gasteiger partial charge in [-0.15, -0.1) is 11.3 Å². The van der Waals surface area contributed by atoms with Gasteiger partial charge in [0.1, 0.15) is 5.82 Å². The van der Waals surface area contributed by atoms with Crippen molar-refractivity contribution in [3.63, 3.8) is 0 Å². The van der Waals surface area contributed by atoms with Crippen LogP contribution in [0.15, 0.2) is 29.9 Å². The van der Waals surface area contributed by atoms with Gasteiger partial charge in [-0.3, -0.25) is 5.32 Å². The second-order valence-corrected chi connectivity index (χ2v) is 4.92. The van der Waals surface area contributed by atoms with Crippen molar-refractivity contribution in [2.45, 2.75) is 6.54 Å². The topological polar surface area (TPSA) is 70.2 Å². The molecule has 0 spiro atoms. The molecular weight excluding hydrogens is 262 g/mol. The van der Waals surface area contributed by atoms with E-state index in [0.717, 1.165) is 11.4 Å². The predicted octanol–water partition coefficient (Wildman–Crippen LogP) is 1.93. The lowest BCUT2D eigenvalue weighted by molar-refractivity contribution is 0.251. The van der Waals surface area contributed by atoms with E-state index in [9.17, 15) is 4.79 Å². The van der Waals surface area contributed by atoms with Gasteiger partial charge < -0.3 is 10.2 Å². The average molecular weight is 277 g/mol. The zero-order chi connectivity index (χ0) is 13.7. The Kier molecular flexibility index (Phi) is 4.30. The maximum absolute atomic E-state index is 11.7. The van der Waals surface area contributed by atoms with E-state index >= 15 is 0 Å². The predicted molar refractivity (Wildman–Crippen MR) is 76.5 cm³/mol. The van der Waals surface area contributed by atoms with Gasteiger partial charge in [0.15, 0.2) is 5.13 Å². The van der Waals surface area contributed by atoms with Crippen LogP contribution in [-0.2, 0) is 6.54 Å². The van der Waals surface area contributed by atoms with E-state index in [1.165, 1.54) is 11.3 Å². The standard InChI is InChI=1S/C12H15N5OS/c1-17(2)10-9(4-3-5-13-10)8-15-11(18)16-12-14-6-7-19-12/h3-7H,8H2,1-2H3,(H2,14,15,16,18). The van der Waals surface area contributed by atoms with Crippen molar-refractivity contribution in [3.8, 4) is 0 Å². The van der Waals surface area contributed by atoms with Gasteiger partial charge in [-0.05, 0) is 6.07 Å². The van der Waals surface area contributed by atoms with Crippen LogP contribution in [0, 0.1) is 0 Å². The Morgan fingerprint density at radius 3 is 2.89 bits per heavy atom. The summed E-state index contributed by atoms with van der Waals surface area (Å²) in [6.07, 6.45) is 3.38. The summed E-state index contributed by atoms with van der Waals surface area (Å²) in [5, 5.41) is 7.83. The molecule has 2 aromatic heterocycles. The number of hydrogen-bond acceptors (Lipinski definition) is 5. The SMILES string of the molecule is CN(C)c1ncccc1CNC(=O)Nc1nccs1. The summed E-state index contributed by atoms with van der Waals surface area (Å²) < 4.78 is 0. The van der Waals surface area contributed by atoms with Crippen LogP contribution in [0.25, 0.3) is 0 Å². The van der Waals surface area contributed by atoms with Gasteiger partial charge in [-0.25, -0.2) is 14.8 Å². The molecule has 0 aliphatic rings. The van der Waals surface area contributed by atoms with E-state index in [1.807, 2.05) is 31.1 Å². The highest BCUT2D eigenvalue weighted by atomic mass is 32.1. The summed E-state index contributed by atoms with van der Waals surface area (Å²) in [4.78, 5) is 21.8. The highest BCUT2D eigenvalue weighted by Crippen LogP contribution is 2.14. The monoisotopic (exact) mass is 277 g/mol.